The number of carbonyl (C=O) groups is 1. The molecule has 7 heteroatoms. The molecule has 0 radical (unpaired) electrons. The second-order valence-electron chi connectivity index (χ2n) is 3.93. The van der Waals surface area contributed by atoms with Crippen LogP contribution in [0.4, 0.5) is 8.78 Å². The van der Waals surface area contributed by atoms with Gasteiger partial charge in [-0.15, -0.1) is 0 Å². The number of benzene rings is 1. The van der Waals surface area contributed by atoms with Gasteiger partial charge in [-0.05, 0) is 46.4 Å². The summed E-state index contributed by atoms with van der Waals surface area (Å²) in [6.45, 7) is -0.0391. The fourth-order valence-corrected chi connectivity index (χ4v) is 2.30. The topological polar surface area (TPSA) is 33.2 Å². The van der Waals surface area contributed by atoms with Gasteiger partial charge in [-0.2, -0.15) is 0 Å². The molecule has 3 nitrogen and oxygen atoms in total. The second kappa shape index (κ2) is 6.45. The molecule has 0 fully saturated rings. The number of nitrogens with zero attached hydrogens (tertiary/aromatic N) is 2. The highest BCUT2D eigenvalue weighted by Gasteiger charge is 2.17. The fraction of sp³-hybridized carbons (Fsp3) is 0.0769. The van der Waals surface area contributed by atoms with Crippen molar-refractivity contribution >= 4 is 40.3 Å². The molecular weight excluding hydrogens is 401 g/mol. The number of rotatable bonds is 3. The van der Waals surface area contributed by atoms with Crippen LogP contribution in [0.15, 0.2) is 36.7 Å². The van der Waals surface area contributed by atoms with Crippen LogP contribution in [0.25, 0.3) is 0 Å². The van der Waals surface area contributed by atoms with E-state index in [0.29, 0.717) is 14.7 Å². The second-order valence-corrected chi connectivity index (χ2v) is 5.50. The van der Waals surface area contributed by atoms with Crippen LogP contribution in [0.1, 0.15) is 15.9 Å². The van der Waals surface area contributed by atoms with Crippen LogP contribution in [0.3, 0.4) is 0 Å². The van der Waals surface area contributed by atoms with E-state index in [1.165, 1.54) is 12.3 Å². The van der Waals surface area contributed by atoms with Gasteiger partial charge >= 0.3 is 0 Å². The molecule has 0 spiro atoms. The van der Waals surface area contributed by atoms with Crippen LogP contribution in [-0.4, -0.2) is 15.3 Å². The lowest BCUT2D eigenvalue weighted by molar-refractivity contribution is 0.0855. The Hall–Kier alpha value is -1.28. The standard InChI is InChI=1S/C13H8ClF2IN2O/c14-19(7-8-1-2-10(15)11(16)5-8)13(20)9-6-18-4-3-12(9)17/h1-6H,7H2. The minimum atomic E-state index is -0.976. The third kappa shape index (κ3) is 3.43. The Labute approximate surface area is 132 Å². The zero-order chi connectivity index (χ0) is 14.7. The van der Waals surface area contributed by atoms with Crippen LogP contribution in [0.2, 0.25) is 0 Å². The maximum absolute atomic E-state index is 13.1. The molecule has 1 aromatic heterocycles. The zero-order valence-electron chi connectivity index (χ0n) is 9.99. The molecule has 2 rings (SSSR count). The molecule has 0 saturated heterocycles. The van der Waals surface area contributed by atoms with Gasteiger partial charge in [-0.1, -0.05) is 6.07 Å². The maximum Gasteiger partial charge on any atom is 0.271 e. The van der Waals surface area contributed by atoms with Gasteiger partial charge in [0, 0.05) is 27.7 Å². The molecule has 1 amide bonds. The Balaban J connectivity index is 2.15. The number of hydrogen-bond donors (Lipinski definition) is 0. The van der Waals surface area contributed by atoms with E-state index >= 15 is 0 Å². The zero-order valence-corrected chi connectivity index (χ0v) is 12.9. The predicted octanol–water partition coefficient (Wildman–Crippen LogP) is 3.76. The number of halogens is 4. The molecule has 0 aliphatic heterocycles. The summed E-state index contributed by atoms with van der Waals surface area (Å²) in [4.78, 5) is 16.0. The summed E-state index contributed by atoms with van der Waals surface area (Å²) in [5.74, 6) is -2.37. The van der Waals surface area contributed by atoms with Gasteiger partial charge < -0.3 is 0 Å². The average molecular weight is 409 g/mol. The highest BCUT2D eigenvalue weighted by molar-refractivity contribution is 14.1. The van der Waals surface area contributed by atoms with Crippen LogP contribution < -0.4 is 0 Å². The van der Waals surface area contributed by atoms with Gasteiger partial charge in [0.1, 0.15) is 0 Å². The minimum absolute atomic E-state index is 0.0391. The van der Waals surface area contributed by atoms with E-state index in [2.05, 4.69) is 4.98 Å². The van der Waals surface area contributed by atoms with Crippen molar-refractivity contribution in [1.29, 1.82) is 0 Å². The number of pyridine rings is 1. The van der Waals surface area contributed by atoms with Gasteiger partial charge in [0.15, 0.2) is 11.6 Å². The molecular formula is C13H8ClF2IN2O. The smallest absolute Gasteiger partial charge is 0.268 e. The first-order chi connectivity index (χ1) is 9.49. The monoisotopic (exact) mass is 408 g/mol. The Kier molecular flexibility index (Phi) is 4.87. The lowest BCUT2D eigenvalue weighted by Gasteiger charge is -2.14. The first-order valence-corrected chi connectivity index (χ1v) is 6.92. The molecule has 104 valence electrons. The van der Waals surface area contributed by atoms with Crippen molar-refractivity contribution in [3.05, 3.63) is 63.0 Å². The van der Waals surface area contributed by atoms with Crippen molar-refractivity contribution in [1.82, 2.24) is 9.40 Å². The number of aromatic nitrogens is 1. The molecule has 0 saturated carbocycles. The van der Waals surface area contributed by atoms with Crippen LogP contribution in [-0.2, 0) is 6.54 Å². The predicted molar refractivity (Wildman–Crippen MR) is 79.0 cm³/mol. The van der Waals surface area contributed by atoms with Gasteiger partial charge in [-0.25, -0.2) is 13.2 Å². The molecule has 0 aliphatic rings. The fourth-order valence-electron chi connectivity index (χ4n) is 1.54. The van der Waals surface area contributed by atoms with Crippen LogP contribution in [0.5, 0.6) is 0 Å². The number of carbonyl (C=O) groups excluding carboxylic acids is 1. The molecule has 0 atom stereocenters. The van der Waals surface area contributed by atoms with Crippen LogP contribution in [0, 0.1) is 15.2 Å². The SMILES string of the molecule is O=C(c1cnccc1I)N(Cl)Cc1ccc(F)c(F)c1. The first kappa shape index (κ1) is 15.1. The van der Waals surface area contributed by atoms with Gasteiger partial charge in [0.25, 0.3) is 5.91 Å². The van der Waals surface area contributed by atoms with Gasteiger partial charge in [-0.3, -0.25) is 9.78 Å². The summed E-state index contributed by atoms with van der Waals surface area (Å²) in [5, 5.41) is 0. The molecule has 1 aromatic carbocycles. The Morgan fingerprint density at radius 2 is 2.05 bits per heavy atom. The summed E-state index contributed by atoms with van der Waals surface area (Å²) in [7, 11) is 0. The summed E-state index contributed by atoms with van der Waals surface area (Å²) in [6, 6.07) is 5.05. The molecule has 20 heavy (non-hydrogen) atoms. The lowest BCUT2D eigenvalue weighted by atomic mass is 10.2. The molecule has 1 heterocycles. The van der Waals surface area contributed by atoms with Crippen molar-refractivity contribution in [2.75, 3.05) is 0 Å². The van der Waals surface area contributed by atoms with E-state index in [9.17, 15) is 13.6 Å². The van der Waals surface area contributed by atoms with E-state index in [1.54, 1.807) is 12.3 Å². The average Bonchev–Trinajstić information content (AvgIpc) is 2.42. The maximum atomic E-state index is 13.1. The minimum Gasteiger partial charge on any atom is -0.268 e. The summed E-state index contributed by atoms with van der Waals surface area (Å²) in [6.07, 6.45) is 2.97. The molecule has 2 aromatic rings. The lowest BCUT2D eigenvalue weighted by Crippen LogP contribution is -2.22. The van der Waals surface area contributed by atoms with Crippen molar-refractivity contribution in [3.63, 3.8) is 0 Å². The largest absolute Gasteiger partial charge is 0.271 e. The number of amides is 1. The van der Waals surface area contributed by atoms with Crippen LogP contribution >= 0.6 is 34.4 Å². The summed E-state index contributed by atoms with van der Waals surface area (Å²) < 4.78 is 27.5. The Morgan fingerprint density at radius 1 is 1.30 bits per heavy atom. The number of hydrogen-bond acceptors (Lipinski definition) is 2. The van der Waals surface area contributed by atoms with Gasteiger partial charge in [0.2, 0.25) is 0 Å². The normalized spacial score (nSPS) is 10.4. The van der Waals surface area contributed by atoms with Gasteiger partial charge in [0.05, 0.1) is 12.1 Å². The third-order valence-electron chi connectivity index (χ3n) is 2.52. The van der Waals surface area contributed by atoms with E-state index in [1.807, 2.05) is 22.6 Å². The highest BCUT2D eigenvalue weighted by Crippen LogP contribution is 2.17. The molecule has 0 aliphatic carbocycles. The Bertz CT molecular complexity index is 654. The van der Waals surface area contributed by atoms with E-state index in [0.717, 1.165) is 16.6 Å². The summed E-state index contributed by atoms with van der Waals surface area (Å²) >= 11 is 7.89. The molecule has 0 N–H and O–H groups in total. The first-order valence-electron chi connectivity index (χ1n) is 5.50. The highest BCUT2D eigenvalue weighted by atomic mass is 127. The van der Waals surface area contributed by atoms with Crippen molar-refractivity contribution in [2.45, 2.75) is 6.54 Å². The molecule has 0 bridgehead atoms. The quantitative estimate of drug-likeness (QED) is 0.572. The van der Waals surface area contributed by atoms with Crippen molar-refractivity contribution in [3.8, 4) is 0 Å². The van der Waals surface area contributed by atoms with E-state index in [4.69, 9.17) is 11.8 Å². The van der Waals surface area contributed by atoms with Crippen molar-refractivity contribution < 1.29 is 13.6 Å². The molecule has 0 unspecified atom stereocenters. The van der Waals surface area contributed by atoms with Crippen molar-refractivity contribution in [2.24, 2.45) is 0 Å². The Morgan fingerprint density at radius 3 is 2.70 bits per heavy atom. The van der Waals surface area contributed by atoms with E-state index in [-0.39, 0.29) is 6.54 Å². The summed E-state index contributed by atoms with van der Waals surface area (Å²) in [5.41, 5.74) is 0.747. The van der Waals surface area contributed by atoms with E-state index < -0.39 is 17.5 Å². The third-order valence-corrected chi connectivity index (χ3v) is 3.74.